The second kappa shape index (κ2) is 8.42. The molecule has 1 amide bonds. The van der Waals surface area contributed by atoms with E-state index in [1.807, 2.05) is 6.92 Å². The van der Waals surface area contributed by atoms with Gasteiger partial charge in [-0.2, -0.15) is 5.10 Å². The van der Waals surface area contributed by atoms with Crippen molar-refractivity contribution in [3.05, 3.63) is 46.3 Å². The zero-order chi connectivity index (χ0) is 21.3. The maximum atomic E-state index is 12.2. The molecule has 0 spiro atoms. The number of ether oxygens (including phenoxy) is 1. The van der Waals surface area contributed by atoms with Gasteiger partial charge in [-0.3, -0.25) is 14.8 Å². The molecule has 0 radical (unpaired) electrons. The fourth-order valence-electron chi connectivity index (χ4n) is 5.27. The van der Waals surface area contributed by atoms with Gasteiger partial charge in [0.1, 0.15) is 5.75 Å². The lowest BCUT2D eigenvalue weighted by molar-refractivity contribution is -0.123. The number of rotatable bonds is 5. The number of carbonyl (C=O) groups is 1. The normalized spacial score (nSPS) is 24.8. The van der Waals surface area contributed by atoms with Crippen molar-refractivity contribution in [2.24, 2.45) is 0 Å². The Kier molecular flexibility index (Phi) is 5.87. The molecule has 2 aromatic rings. The molecule has 162 valence electrons. The molecular formula is C24H34N4O2. The summed E-state index contributed by atoms with van der Waals surface area (Å²) in [6.07, 6.45) is 5.74. The molecule has 1 aromatic carbocycles. The molecule has 1 aromatic heterocycles. The molecule has 0 aliphatic carbocycles. The van der Waals surface area contributed by atoms with E-state index in [1.54, 1.807) is 7.11 Å². The third-order valence-corrected chi connectivity index (χ3v) is 7.03. The van der Waals surface area contributed by atoms with Gasteiger partial charge in [0.2, 0.25) is 5.91 Å². The van der Waals surface area contributed by atoms with Gasteiger partial charge in [-0.25, -0.2) is 0 Å². The van der Waals surface area contributed by atoms with Crippen molar-refractivity contribution in [1.29, 1.82) is 0 Å². The van der Waals surface area contributed by atoms with E-state index >= 15 is 0 Å². The number of H-pyrrole nitrogens is 1. The van der Waals surface area contributed by atoms with Crippen LogP contribution in [0, 0.1) is 13.8 Å². The van der Waals surface area contributed by atoms with Gasteiger partial charge in [-0.15, -0.1) is 0 Å². The minimum Gasteiger partial charge on any atom is -0.496 e. The lowest BCUT2D eigenvalue weighted by Gasteiger charge is -2.38. The SMILES string of the molecule is COc1ccc(CN2CC[C@@]3(C)NC(=O)CCCC[C@@H]23)cc1Cc1c(C)n[nH]c1C. The number of carbonyl (C=O) groups excluding carboxylic acids is 1. The van der Waals surface area contributed by atoms with Crippen LogP contribution in [0.4, 0.5) is 0 Å². The van der Waals surface area contributed by atoms with Crippen molar-refractivity contribution in [1.82, 2.24) is 20.4 Å². The number of amides is 1. The number of aromatic amines is 1. The zero-order valence-corrected chi connectivity index (χ0v) is 18.7. The van der Waals surface area contributed by atoms with Gasteiger partial charge < -0.3 is 10.1 Å². The molecule has 2 aliphatic rings. The molecule has 0 saturated carbocycles. The number of aromatic nitrogens is 2. The first-order chi connectivity index (χ1) is 14.4. The second-order valence-electron chi connectivity index (χ2n) is 9.18. The van der Waals surface area contributed by atoms with Crippen LogP contribution in [-0.2, 0) is 17.8 Å². The van der Waals surface area contributed by atoms with Crippen LogP contribution < -0.4 is 10.1 Å². The predicted octanol–water partition coefficient (Wildman–Crippen LogP) is 3.65. The summed E-state index contributed by atoms with van der Waals surface area (Å²) in [5.41, 5.74) is 5.76. The molecule has 0 unspecified atom stereocenters. The first-order valence-electron chi connectivity index (χ1n) is 11.1. The van der Waals surface area contributed by atoms with Gasteiger partial charge in [0.25, 0.3) is 0 Å². The van der Waals surface area contributed by atoms with Crippen molar-refractivity contribution in [3.63, 3.8) is 0 Å². The molecule has 3 heterocycles. The fourth-order valence-corrected chi connectivity index (χ4v) is 5.27. The average molecular weight is 411 g/mol. The van der Waals surface area contributed by atoms with E-state index in [0.717, 1.165) is 62.3 Å². The molecule has 2 fully saturated rings. The Morgan fingerprint density at radius 2 is 2.13 bits per heavy atom. The number of hydrogen-bond acceptors (Lipinski definition) is 4. The van der Waals surface area contributed by atoms with E-state index in [4.69, 9.17) is 4.74 Å². The standard InChI is InChI=1S/C24H34N4O2/c1-16-20(17(2)27-26-16)14-19-13-18(9-10-21(19)30-4)15-28-12-11-24(3)22(28)7-5-6-8-23(29)25-24/h9-10,13,22H,5-8,11-12,14-15H2,1-4H3,(H,25,29)(H,26,27)/t22-,24-/m1/s1. The lowest BCUT2D eigenvalue weighted by Crippen LogP contribution is -2.55. The first kappa shape index (κ1) is 20.9. The van der Waals surface area contributed by atoms with E-state index in [9.17, 15) is 4.79 Å². The van der Waals surface area contributed by atoms with Gasteiger partial charge in [0.05, 0.1) is 18.3 Å². The topological polar surface area (TPSA) is 70.2 Å². The maximum absolute atomic E-state index is 12.2. The highest BCUT2D eigenvalue weighted by Crippen LogP contribution is 2.35. The van der Waals surface area contributed by atoms with Crippen LogP contribution in [0.15, 0.2) is 18.2 Å². The van der Waals surface area contributed by atoms with Crippen molar-refractivity contribution < 1.29 is 9.53 Å². The van der Waals surface area contributed by atoms with Crippen LogP contribution in [-0.4, -0.2) is 46.2 Å². The van der Waals surface area contributed by atoms with Gasteiger partial charge in [0, 0.05) is 43.2 Å². The lowest BCUT2D eigenvalue weighted by atomic mass is 9.86. The van der Waals surface area contributed by atoms with Crippen molar-refractivity contribution >= 4 is 5.91 Å². The number of likely N-dealkylation sites (tertiary alicyclic amines) is 1. The van der Waals surface area contributed by atoms with E-state index < -0.39 is 0 Å². The van der Waals surface area contributed by atoms with Crippen molar-refractivity contribution in [2.75, 3.05) is 13.7 Å². The average Bonchev–Trinajstić information content (AvgIpc) is 3.17. The summed E-state index contributed by atoms with van der Waals surface area (Å²) in [5, 5.41) is 10.8. The van der Waals surface area contributed by atoms with Crippen molar-refractivity contribution in [2.45, 2.75) is 77.4 Å². The van der Waals surface area contributed by atoms with E-state index in [2.05, 4.69) is 52.5 Å². The van der Waals surface area contributed by atoms with E-state index in [0.29, 0.717) is 12.5 Å². The van der Waals surface area contributed by atoms with Crippen LogP contribution in [0.5, 0.6) is 5.75 Å². The number of fused-ring (bicyclic) bond motifs is 1. The van der Waals surface area contributed by atoms with Crippen LogP contribution >= 0.6 is 0 Å². The Bertz CT molecular complexity index is 902. The smallest absolute Gasteiger partial charge is 0.220 e. The minimum atomic E-state index is -0.113. The summed E-state index contributed by atoms with van der Waals surface area (Å²) in [4.78, 5) is 14.8. The molecule has 4 rings (SSSR count). The number of benzene rings is 1. The molecule has 6 heteroatoms. The van der Waals surface area contributed by atoms with Crippen LogP contribution in [0.3, 0.4) is 0 Å². The summed E-state index contributed by atoms with van der Waals surface area (Å²) < 4.78 is 5.65. The molecule has 30 heavy (non-hydrogen) atoms. The summed E-state index contributed by atoms with van der Waals surface area (Å²) >= 11 is 0. The van der Waals surface area contributed by atoms with E-state index in [-0.39, 0.29) is 11.4 Å². The third kappa shape index (κ3) is 4.10. The highest BCUT2D eigenvalue weighted by Gasteiger charge is 2.44. The fraction of sp³-hybridized carbons (Fsp3) is 0.583. The number of nitrogens with zero attached hydrogens (tertiary/aromatic N) is 2. The second-order valence-corrected chi connectivity index (χ2v) is 9.18. The quantitative estimate of drug-likeness (QED) is 0.789. The molecule has 2 aliphatic heterocycles. The number of nitrogens with one attached hydrogen (secondary N) is 2. The Labute approximate surface area is 179 Å². The molecule has 2 N–H and O–H groups in total. The number of hydrogen-bond donors (Lipinski definition) is 2. The Balaban J connectivity index is 1.55. The summed E-state index contributed by atoms with van der Waals surface area (Å²) in [7, 11) is 1.73. The first-order valence-corrected chi connectivity index (χ1v) is 11.1. The predicted molar refractivity (Wildman–Crippen MR) is 118 cm³/mol. The van der Waals surface area contributed by atoms with Crippen molar-refractivity contribution in [3.8, 4) is 5.75 Å². The summed E-state index contributed by atoms with van der Waals surface area (Å²) in [6.45, 7) is 8.26. The molecule has 0 bridgehead atoms. The molecule has 2 atom stereocenters. The Hall–Kier alpha value is -2.34. The highest BCUT2D eigenvalue weighted by atomic mass is 16.5. The third-order valence-electron chi connectivity index (χ3n) is 7.03. The van der Waals surface area contributed by atoms with Gasteiger partial charge in [0.15, 0.2) is 0 Å². The minimum absolute atomic E-state index is 0.113. The number of aryl methyl sites for hydroxylation is 2. The Morgan fingerprint density at radius 1 is 1.30 bits per heavy atom. The van der Waals surface area contributed by atoms with Crippen LogP contribution in [0.2, 0.25) is 0 Å². The summed E-state index contributed by atoms with van der Waals surface area (Å²) in [5.74, 6) is 1.13. The maximum Gasteiger partial charge on any atom is 0.220 e. The molecule has 6 nitrogen and oxygen atoms in total. The Morgan fingerprint density at radius 3 is 2.87 bits per heavy atom. The van der Waals surface area contributed by atoms with Crippen LogP contribution in [0.1, 0.15) is 67.1 Å². The molecular weight excluding hydrogens is 376 g/mol. The van der Waals surface area contributed by atoms with Gasteiger partial charge in [-0.05, 0) is 57.2 Å². The molecule has 2 saturated heterocycles. The monoisotopic (exact) mass is 410 g/mol. The number of methoxy groups -OCH3 is 1. The summed E-state index contributed by atoms with van der Waals surface area (Å²) in [6, 6.07) is 6.94. The van der Waals surface area contributed by atoms with Gasteiger partial charge >= 0.3 is 0 Å². The van der Waals surface area contributed by atoms with Crippen LogP contribution in [0.25, 0.3) is 0 Å². The van der Waals surface area contributed by atoms with Gasteiger partial charge in [-0.1, -0.05) is 18.6 Å². The zero-order valence-electron chi connectivity index (χ0n) is 18.7. The van der Waals surface area contributed by atoms with E-state index in [1.165, 1.54) is 16.7 Å². The largest absolute Gasteiger partial charge is 0.496 e. The highest BCUT2D eigenvalue weighted by molar-refractivity contribution is 5.77.